The highest BCUT2D eigenvalue weighted by atomic mass is 16.5. The van der Waals surface area contributed by atoms with Gasteiger partial charge in [0.25, 0.3) is 0 Å². The first kappa shape index (κ1) is 15.0. The van der Waals surface area contributed by atoms with Crippen molar-refractivity contribution < 1.29 is 19.4 Å². The standard InChI is InChI=1S/C17H21NO4/c1-22-17(21)14-8-12-4-7-15(14)18(10-12)9-11-2-5-13(6-3-11)16(19)20/h2-3,5-6,12,14-15H,4,7-10H2,1H3,(H,19,20). The first-order chi connectivity index (χ1) is 10.6. The first-order valence-corrected chi connectivity index (χ1v) is 7.72. The van der Waals surface area contributed by atoms with Crippen LogP contribution in [-0.4, -0.2) is 41.6 Å². The molecule has 1 aromatic carbocycles. The van der Waals surface area contributed by atoms with Crippen molar-refractivity contribution in [3.63, 3.8) is 0 Å². The average Bonchev–Trinajstić information content (AvgIpc) is 2.55. The number of carbonyl (C=O) groups excluding carboxylic acids is 1. The minimum atomic E-state index is -0.908. The van der Waals surface area contributed by atoms with Gasteiger partial charge in [0.1, 0.15) is 0 Å². The number of carboxylic acid groups (broad SMARTS) is 1. The van der Waals surface area contributed by atoms with E-state index in [1.54, 1.807) is 12.1 Å². The van der Waals surface area contributed by atoms with Crippen molar-refractivity contribution in [3.8, 4) is 0 Å². The zero-order valence-corrected chi connectivity index (χ0v) is 12.7. The molecule has 2 bridgehead atoms. The predicted molar refractivity (Wildman–Crippen MR) is 80.4 cm³/mol. The van der Waals surface area contributed by atoms with Crippen LogP contribution in [-0.2, 0) is 16.1 Å². The summed E-state index contributed by atoms with van der Waals surface area (Å²) in [7, 11) is 1.46. The van der Waals surface area contributed by atoms with Crippen molar-refractivity contribution >= 4 is 11.9 Å². The van der Waals surface area contributed by atoms with Gasteiger partial charge in [-0.05, 0) is 42.9 Å². The van der Waals surface area contributed by atoms with E-state index in [2.05, 4.69) is 4.90 Å². The fourth-order valence-electron chi connectivity index (χ4n) is 3.89. The number of rotatable bonds is 4. The van der Waals surface area contributed by atoms with Crippen LogP contribution in [0.2, 0.25) is 0 Å². The van der Waals surface area contributed by atoms with Crippen molar-refractivity contribution in [2.24, 2.45) is 11.8 Å². The van der Waals surface area contributed by atoms with Crippen LogP contribution >= 0.6 is 0 Å². The summed E-state index contributed by atoms with van der Waals surface area (Å²) in [5, 5.41) is 8.94. The van der Waals surface area contributed by atoms with Gasteiger partial charge in [-0.15, -0.1) is 0 Å². The number of piperidine rings is 2. The lowest BCUT2D eigenvalue weighted by molar-refractivity contribution is -0.154. The van der Waals surface area contributed by atoms with E-state index in [-0.39, 0.29) is 17.9 Å². The second-order valence-corrected chi connectivity index (χ2v) is 6.31. The maximum atomic E-state index is 12.0. The summed E-state index contributed by atoms with van der Waals surface area (Å²) in [6.45, 7) is 1.77. The van der Waals surface area contributed by atoms with Gasteiger partial charge in [-0.1, -0.05) is 12.1 Å². The number of benzene rings is 1. The molecule has 4 rings (SSSR count). The maximum absolute atomic E-state index is 12.0. The molecule has 3 unspecified atom stereocenters. The summed E-state index contributed by atoms with van der Waals surface area (Å²) in [6, 6.07) is 7.24. The third-order valence-electron chi connectivity index (χ3n) is 4.97. The third kappa shape index (κ3) is 2.86. The van der Waals surface area contributed by atoms with Crippen LogP contribution in [0.5, 0.6) is 0 Å². The SMILES string of the molecule is COC(=O)C1CC2CCC1N(Cc1ccc(C(=O)O)cc1)C2. The molecule has 0 aromatic heterocycles. The number of methoxy groups -OCH3 is 1. The number of hydrogen-bond donors (Lipinski definition) is 1. The highest BCUT2D eigenvalue weighted by Gasteiger charge is 2.44. The highest BCUT2D eigenvalue weighted by Crippen LogP contribution is 2.40. The molecule has 5 nitrogen and oxygen atoms in total. The molecular weight excluding hydrogens is 282 g/mol. The van der Waals surface area contributed by atoms with E-state index >= 15 is 0 Å². The van der Waals surface area contributed by atoms with Crippen LogP contribution < -0.4 is 0 Å². The Morgan fingerprint density at radius 3 is 2.59 bits per heavy atom. The van der Waals surface area contributed by atoms with Crippen LogP contribution in [0.4, 0.5) is 0 Å². The van der Waals surface area contributed by atoms with E-state index in [0.717, 1.165) is 31.5 Å². The topological polar surface area (TPSA) is 66.8 Å². The zero-order chi connectivity index (χ0) is 15.7. The van der Waals surface area contributed by atoms with E-state index in [0.29, 0.717) is 11.5 Å². The van der Waals surface area contributed by atoms with E-state index in [9.17, 15) is 9.59 Å². The Labute approximate surface area is 129 Å². The Balaban J connectivity index is 1.72. The van der Waals surface area contributed by atoms with E-state index in [1.165, 1.54) is 13.5 Å². The summed E-state index contributed by atoms with van der Waals surface area (Å²) in [4.78, 5) is 25.2. The Kier molecular flexibility index (Phi) is 4.16. The molecule has 0 spiro atoms. The fraction of sp³-hybridized carbons (Fsp3) is 0.529. The molecular formula is C17H21NO4. The van der Waals surface area contributed by atoms with Crippen molar-refractivity contribution in [1.82, 2.24) is 4.90 Å². The lowest BCUT2D eigenvalue weighted by Gasteiger charge is -2.49. The van der Waals surface area contributed by atoms with Crippen molar-refractivity contribution in [1.29, 1.82) is 0 Å². The van der Waals surface area contributed by atoms with Gasteiger partial charge in [-0.25, -0.2) is 4.79 Å². The molecule has 22 heavy (non-hydrogen) atoms. The maximum Gasteiger partial charge on any atom is 0.335 e. The number of carbonyl (C=O) groups is 2. The van der Waals surface area contributed by atoms with Gasteiger partial charge in [-0.2, -0.15) is 0 Å². The Morgan fingerprint density at radius 2 is 2.00 bits per heavy atom. The monoisotopic (exact) mass is 303 g/mol. The highest BCUT2D eigenvalue weighted by molar-refractivity contribution is 5.87. The van der Waals surface area contributed by atoms with Crippen molar-refractivity contribution in [3.05, 3.63) is 35.4 Å². The molecule has 1 aliphatic carbocycles. The minimum Gasteiger partial charge on any atom is -0.478 e. The lowest BCUT2D eigenvalue weighted by atomic mass is 9.72. The summed E-state index contributed by atoms with van der Waals surface area (Å²) in [5.74, 6) is -0.460. The molecule has 2 aliphatic heterocycles. The minimum absolute atomic E-state index is 0.0178. The number of fused-ring (bicyclic) bond motifs is 3. The molecule has 1 saturated carbocycles. The van der Waals surface area contributed by atoms with Gasteiger partial charge in [0, 0.05) is 19.1 Å². The van der Waals surface area contributed by atoms with Gasteiger partial charge < -0.3 is 9.84 Å². The van der Waals surface area contributed by atoms with Gasteiger partial charge >= 0.3 is 11.9 Å². The Hall–Kier alpha value is -1.88. The van der Waals surface area contributed by atoms with Crippen LogP contribution in [0, 0.1) is 11.8 Å². The van der Waals surface area contributed by atoms with E-state index in [1.807, 2.05) is 12.1 Å². The molecule has 5 heteroatoms. The van der Waals surface area contributed by atoms with Crippen LogP contribution in [0.3, 0.4) is 0 Å². The molecule has 2 heterocycles. The van der Waals surface area contributed by atoms with Gasteiger partial charge in [0.2, 0.25) is 0 Å². The van der Waals surface area contributed by atoms with Gasteiger partial charge in [-0.3, -0.25) is 9.69 Å². The lowest BCUT2D eigenvalue weighted by Crippen LogP contribution is -2.54. The fourth-order valence-corrected chi connectivity index (χ4v) is 3.89. The first-order valence-electron chi connectivity index (χ1n) is 7.72. The van der Waals surface area contributed by atoms with Gasteiger partial charge in [0.05, 0.1) is 18.6 Å². The summed E-state index contributed by atoms with van der Waals surface area (Å²) in [5.41, 5.74) is 1.39. The zero-order valence-electron chi connectivity index (χ0n) is 12.7. The van der Waals surface area contributed by atoms with Crippen LogP contribution in [0.1, 0.15) is 35.2 Å². The quantitative estimate of drug-likeness (QED) is 0.863. The van der Waals surface area contributed by atoms with E-state index < -0.39 is 5.97 Å². The normalized spacial score (nSPS) is 27.6. The average molecular weight is 303 g/mol. The summed E-state index contributed by atoms with van der Waals surface area (Å²) < 4.78 is 4.95. The molecule has 1 aromatic rings. The Bertz CT molecular complexity index is 569. The smallest absolute Gasteiger partial charge is 0.335 e. The summed E-state index contributed by atoms with van der Waals surface area (Å²) >= 11 is 0. The Morgan fingerprint density at radius 1 is 1.27 bits per heavy atom. The number of nitrogens with zero attached hydrogens (tertiary/aromatic N) is 1. The van der Waals surface area contributed by atoms with Gasteiger partial charge in [0.15, 0.2) is 0 Å². The van der Waals surface area contributed by atoms with E-state index in [4.69, 9.17) is 9.84 Å². The molecule has 3 fully saturated rings. The number of hydrogen-bond acceptors (Lipinski definition) is 4. The predicted octanol–water partition coefficient (Wildman–Crippen LogP) is 2.16. The second-order valence-electron chi connectivity index (χ2n) is 6.31. The number of aromatic carboxylic acids is 1. The molecule has 0 radical (unpaired) electrons. The van der Waals surface area contributed by atoms with Crippen molar-refractivity contribution in [2.75, 3.05) is 13.7 Å². The van der Waals surface area contributed by atoms with Crippen LogP contribution in [0.15, 0.2) is 24.3 Å². The molecule has 3 aliphatic rings. The number of ether oxygens (including phenoxy) is 1. The molecule has 118 valence electrons. The molecule has 0 amide bonds. The largest absolute Gasteiger partial charge is 0.478 e. The summed E-state index contributed by atoms with van der Waals surface area (Å²) in [6.07, 6.45) is 3.16. The third-order valence-corrected chi connectivity index (χ3v) is 4.97. The molecule has 3 atom stereocenters. The number of esters is 1. The molecule has 1 N–H and O–H groups in total. The van der Waals surface area contributed by atoms with Crippen LogP contribution in [0.25, 0.3) is 0 Å². The number of carboxylic acids is 1. The molecule has 2 saturated heterocycles. The van der Waals surface area contributed by atoms with Crippen molar-refractivity contribution in [2.45, 2.75) is 31.8 Å². The second kappa shape index (κ2) is 6.08.